The summed E-state index contributed by atoms with van der Waals surface area (Å²) in [5, 5.41) is 9.39. The van der Waals surface area contributed by atoms with Gasteiger partial charge in [-0.25, -0.2) is 4.39 Å². The Balaban J connectivity index is 2.60. The third-order valence-electron chi connectivity index (χ3n) is 3.83. The van der Waals surface area contributed by atoms with Crippen LogP contribution in [0.1, 0.15) is 31.4 Å². The van der Waals surface area contributed by atoms with Crippen LogP contribution in [0, 0.1) is 18.2 Å². The van der Waals surface area contributed by atoms with Gasteiger partial charge in [-0.15, -0.1) is 0 Å². The molecule has 1 saturated carbocycles. The molecule has 0 aliphatic heterocycles. The summed E-state index contributed by atoms with van der Waals surface area (Å²) in [6.07, 6.45) is 0.569. The minimum atomic E-state index is -0.904. The van der Waals surface area contributed by atoms with E-state index < -0.39 is 11.4 Å². The van der Waals surface area contributed by atoms with Crippen molar-refractivity contribution in [2.24, 2.45) is 5.41 Å². The van der Waals surface area contributed by atoms with Crippen molar-refractivity contribution >= 4 is 5.97 Å². The molecule has 1 N–H and O–H groups in total. The summed E-state index contributed by atoms with van der Waals surface area (Å²) in [4.78, 5) is 11.4. The molecule has 1 aromatic rings. The summed E-state index contributed by atoms with van der Waals surface area (Å²) < 4.78 is 13.5. The fourth-order valence-electron chi connectivity index (χ4n) is 2.63. The minimum absolute atomic E-state index is 0.294. The molecule has 86 valence electrons. The van der Waals surface area contributed by atoms with Gasteiger partial charge in [0.2, 0.25) is 0 Å². The number of hydrogen-bond donors (Lipinski definition) is 1. The highest BCUT2D eigenvalue weighted by molar-refractivity contribution is 5.87. The van der Waals surface area contributed by atoms with Crippen molar-refractivity contribution in [1.29, 1.82) is 0 Å². The molecule has 0 aromatic heterocycles. The van der Waals surface area contributed by atoms with E-state index in [9.17, 15) is 14.3 Å². The first-order valence-corrected chi connectivity index (χ1v) is 5.32. The number of carboxylic acids is 1. The van der Waals surface area contributed by atoms with Crippen molar-refractivity contribution in [3.63, 3.8) is 0 Å². The normalized spacial score (nSPS) is 26.5. The number of aliphatic carboxylic acids is 1. The fourth-order valence-corrected chi connectivity index (χ4v) is 2.63. The van der Waals surface area contributed by atoms with Crippen LogP contribution in [0.25, 0.3) is 0 Å². The molecule has 0 bridgehead atoms. The third kappa shape index (κ3) is 1.20. The van der Waals surface area contributed by atoms with Gasteiger partial charge >= 0.3 is 5.97 Å². The maximum absolute atomic E-state index is 13.5. The Morgan fingerprint density at radius 1 is 1.44 bits per heavy atom. The predicted octanol–water partition coefficient (Wildman–Crippen LogP) is 2.89. The Kier molecular flexibility index (Phi) is 2.13. The zero-order valence-electron chi connectivity index (χ0n) is 9.67. The molecule has 2 rings (SSSR count). The van der Waals surface area contributed by atoms with Crippen molar-refractivity contribution in [2.75, 3.05) is 0 Å². The van der Waals surface area contributed by atoms with Crippen molar-refractivity contribution in [1.82, 2.24) is 0 Å². The largest absolute Gasteiger partial charge is 0.481 e. The number of carboxylic acid groups (broad SMARTS) is 1. The van der Waals surface area contributed by atoms with E-state index in [0.29, 0.717) is 17.5 Å². The second-order valence-corrected chi connectivity index (χ2v) is 5.18. The zero-order valence-corrected chi connectivity index (χ0v) is 9.67. The molecule has 0 radical (unpaired) electrons. The van der Waals surface area contributed by atoms with E-state index in [0.717, 1.165) is 0 Å². The SMILES string of the molecule is Cc1c(F)cccc1C1(C(=O)O)CC1(C)C. The first kappa shape index (κ1) is 11.1. The van der Waals surface area contributed by atoms with Crippen LogP contribution in [0.3, 0.4) is 0 Å². The van der Waals surface area contributed by atoms with E-state index in [1.165, 1.54) is 6.07 Å². The molecule has 1 aliphatic carbocycles. The van der Waals surface area contributed by atoms with Gasteiger partial charge in [-0.05, 0) is 36.0 Å². The van der Waals surface area contributed by atoms with Gasteiger partial charge in [0.05, 0.1) is 5.41 Å². The van der Waals surface area contributed by atoms with Gasteiger partial charge in [-0.3, -0.25) is 4.79 Å². The summed E-state index contributed by atoms with van der Waals surface area (Å²) in [7, 11) is 0. The Morgan fingerprint density at radius 3 is 2.44 bits per heavy atom. The average molecular weight is 222 g/mol. The number of benzene rings is 1. The number of halogens is 1. The highest BCUT2D eigenvalue weighted by Crippen LogP contribution is 2.65. The maximum Gasteiger partial charge on any atom is 0.314 e. The lowest BCUT2D eigenvalue weighted by Crippen LogP contribution is -2.26. The van der Waals surface area contributed by atoms with Crippen LogP contribution in [0.15, 0.2) is 18.2 Å². The van der Waals surface area contributed by atoms with Gasteiger partial charge in [0.15, 0.2) is 0 Å². The van der Waals surface area contributed by atoms with Gasteiger partial charge in [0, 0.05) is 0 Å². The molecule has 1 aromatic carbocycles. The Bertz CT molecular complexity index is 465. The molecule has 0 spiro atoms. The lowest BCUT2D eigenvalue weighted by molar-refractivity contribution is -0.141. The van der Waals surface area contributed by atoms with Gasteiger partial charge in [0.1, 0.15) is 5.82 Å². The van der Waals surface area contributed by atoms with Gasteiger partial charge in [-0.1, -0.05) is 26.0 Å². The van der Waals surface area contributed by atoms with Crippen LogP contribution in [-0.2, 0) is 10.2 Å². The predicted molar refractivity (Wildman–Crippen MR) is 58.8 cm³/mol. The Labute approximate surface area is 94.1 Å². The lowest BCUT2D eigenvalue weighted by atomic mass is 9.85. The highest BCUT2D eigenvalue weighted by atomic mass is 19.1. The molecule has 1 aliphatic rings. The van der Waals surface area contributed by atoms with Gasteiger partial charge in [-0.2, -0.15) is 0 Å². The average Bonchev–Trinajstić information content (AvgIpc) is 2.75. The van der Waals surface area contributed by atoms with E-state index in [2.05, 4.69) is 0 Å². The summed E-state index contributed by atoms with van der Waals surface area (Å²) in [5.41, 5.74) is -0.128. The fraction of sp³-hybridized carbons (Fsp3) is 0.462. The van der Waals surface area contributed by atoms with Crippen molar-refractivity contribution in [2.45, 2.75) is 32.6 Å². The lowest BCUT2D eigenvalue weighted by Gasteiger charge is -2.18. The van der Waals surface area contributed by atoms with Crippen LogP contribution in [-0.4, -0.2) is 11.1 Å². The van der Waals surface area contributed by atoms with Gasteiger partial charge < -0.3 is 5.11 Å². The maximum atomic E-state index is 13.5. The minimum Gasteiger partial charge on any atom is -0.481 e. The molecule has 2 nitrogen and oxygen atoms in total. The summed E-state index contributed by atoms with van der Waals surface area (Å²) in [6, 6.07) is 4.67. The second-order valence-electron chi connectivity index (χ2n) is 5.18. The van der Waals surface area contributed by atoms with E-state index in [1.807, 2.05) is 13.8 Å². The standard InChI is InChI=1S/C13H15FO2/c1-8-9(5-4-6-10(8)14)13(11(15)16)7-12(13,2)3/h4-6H,7H2,1-3H3,(H,15,16). The smallest absolute Gasteiger partial charge is 0.314 e. The first-order valence-electron chi connectivity index (χ1n) is 5.32. The number of carbonyl (C=O) groups is 1. The van der Waals surface area contributed by atoms with E-state index >= 15 is 0 Å². The molecule has 16 heavy (non-hydrogen) atoms. The van der Waals surface area contributed by atoms with Crippen molar-refractivity contribution in [3.05, 3.63) is 35.1 Å². The molecular weight excluding hydrogens is 207 g/mol. The Hall–Kier alpha value is -1.38. The number of hydrogen-bond acceptors (Lipinski definition) is 1. The third-order valence-corrected chi connectivity index (χ3v) is 3.83. The van der Waals surface area contributed by atoms with Crippen LogP contribution in [0.2, 0.25) is 0 Å². The van der Waals surface area contributed by atoms with E-state index in [1.54, 1.807) is 19.1 Å². The molecule has 1 unspecified atom stereocenters. The van der Waals surface area contributed by atoms with Crippen LogP contribution in [0.5, 0.6) is 0 Å². The van der Waals surface area contributed by atoms with Crippen LogP contribution in [0.4, 0.5) is 4.39 Å². The molecule has 0 heterocycles. The first-order chi connectivity index (χ1) is 7.33. The molecule has 1 atom stereocenters. The molecular formula is C13H15FO2. The highest BCUT2D eigenvalue weighted by Gasteiger charge is 2.68. The monoisotopic (exact) mass is 222 g/mol. The summed E-state index contributed by atoms with van der Waals surface area (Å²) >= 11 is 0. The van der Waals surface area contributed by atoms with Crippen LogP contribution < -0.4 is 0 Å². The molecule has 3 heteroatoms. The topological polar surface area (TPSA) is 37.3 Å². The van der Waals surface area contributed by atoms with Crippen molar-refractivity contribution in [3.8, 4) is 0 Å². The summed E-state index contributed by atoms with van der Waals surface area (Å²) in [6.45, 7) is 5.46. The molecule has 0 amide bonds. The van der Waals surface area contributed by atoms with Crippen molar-refractivity contribution < 1.29 is 14.3 Å². The van der Waals surface area contributed by atoms with E-state index in [4.69, 9.17) is 0 Å². The Morgan fingerprint density at radius 2 is 2.00 bits per heavy atom. The van der Waals surface area contributed by atoms with Crippen LogP contribution >= 0.6 is 0 Å². The zero-order chi connectivity index (χ0) is 12.1. The molecule has 1 fully saturated rings. The summed E-state index contributed by atoms with van der Waals surface area (Å²) in [5.74, 6) is -1.19. The van der Waals surface area contributed by atoms with Gasteiger partial charge in [0.25, 0.3) is 0 Å². The number of rotatable bonds is 2. The second kappa shape index (κ2) is 3.06. The van der Waals surface area contributed by atoms with E-state index in [-0.39, 0.29) is 11.2 Å². The molecule has 0 saturated heterocycles. The quantitative estimate of drug-likeness (QED) is 0.835.